The maximum Gasteiger partial charge on any atom is 0.0972 e. The summed E-state index contributed by atoms with van der Waals surface area (Å²) in [5.74, 6) is 0. The van der Waals surface area contributed by atoms with Crippen LogP contribution in [0.1, 0.15) is 21.8 Å². The minimum Gasteiger partial charge on any atom is -0.330 e. The van der Waals surface area contributed by atoms with Gasteiger partial charge >= 0.3 is 0 Å². The monoisotopic (exact) mass is 232 g/mol. The molecule has 0 aliphatic carbocycles. The van der Waals surface area contributed by atoms with Gasteiger partial charge in [0.2, 0.25) is 0 Å². The average Bonchev–Trinajstić information content (AvgIpc) is 2.66. The number of hydrogen-bond acceptors (Lipinski definition) is 3. The number of thiazole rings is 1. The molecule has 1 aromatic carbocycles. The molecule has 84 valence electrons. The number of hydrogen-bond donors (Lipinski definition) is 1. The third-order valence-corrected chi connectivity index (χ3v) is 3.34. The van der Waals surface area contributed by atoms with Gasteiger partial charge in [0.15, 0.2) is 0 Å². The second-order valence-corrected chi connectivity index (χ2v) is 4.88. The Bertz CT molecular complexity index is 462. The molecule has 0 amide bonds. The van der Waals surface area contributed by atoms with E-state index in [2.05, 4.69) is 41.6 Å². The van der Waals surface area contributed by atoms with E-state index in [1.807, 2.05) is 0 Å². The fraction of sp³-hybridized carbons (Fsp3) is 0.308. The Hall–Kier alpha value is -1.19. The standard InChI is InChI=1S/C13H16N2S/c1-10-3-2-4-11(7-10)8-13-15-12(5-6-14)9-16-13/h2-4,7,9H,5-6,8,14H2,1H3. The summed E-state index contributed by atoms with van der Waals surface area (Å²) in [5.41, 5.74) is 9.26. The molecular weight excluding hydrogens is 216 g/mol. The molecule has 2 rings (SSSR count). The van der Waals surface area contributed by atoms with Crippen LogP contribution in [0.3, 0.4) is 0 Å². The molecule has 0 saturated carbocycles. The maximum absolute atomic E-state index is 5.51. The molecule has 2 N–H and O–H groups in total. The van der Waals surface area contributed by atoms with Crippen LogP contribution in [0.2, 0.25) is 0 Å². The molecule has 2 nitrogen and oxygen atoms in total. The van der Waals surface area contributed by atoms with Crippen LogP contribution < -0.4 is 5.73 Å². The zero-order valence-corrected chi connectivity index (χ0v) is 10.3. The Morgan fingerprint density at radius 1 is 1.38 bits per heavy atom. The van der Waals surface area contributed by atoms with Gasteiger partial charge in [0, 0.05) is 18.2 Å². The van der Waals surface area contributed by atoms with Crippen LogP contribution in [-0.4, -0.2) is 11.5 Å². The SMILES string of the molecule is Cc1cccc(Cc2nc(CCN)cs2)c1. The molecule has 3 heteroatoms. The van der Waals surface area contributed by atoms with Crippen LogP contribution in [0.25, 0.3) is 0 Å². The van der Waals surface area contributed by atoms with E-state index in [4.69, 9.17) is 5.73 Å². The molecule has 0 spiro atoms. The fourth-order valence-electron chi connectivity index (χ4n) is 1.69. The molecule has 16 heavy (non-hydrogen) atoms. The Morgan fingerprint density at radius 3 is 3.00 bits per heavy atom. The summed E-state index contributed by atoms with van der Waals surface area (Å²) in [6.07, 6.45) is 1.81. The largest absolute Gasteiger partial charge is 0.330 e. The van der Waals surface area contributed by atoms with Crippen molar-refractivity contribution < 1.29 is 0 Å². The molecule has 0 fully saturated rings. The van der Waals surface area contributed by atoms with Gasteiger partial charge in [-0.2, -0.15) is 0 Å². The Morgan fingerprint density at radius 2 is 2.25 bits per heavy atom. The van der Waals surface area contributed by atoms with E-state index in [0.717, 1.165) is 18.5 Å². The molecule has 0 atom stereocenters. The van der Waals surface area contributed by atoms with Crippen molar-refractivity contribution in [3.05, 3.63) is 51.5 Å². The quantitative estimate of drug-likeness (QED) is 0.880. The van der Waals surface area contributed by atoms with Crippen molar-refractivity contribution in [3.8, 4) is 0 Å². The Kier molecular flexibility index (Phi) is 3.70. The van der Waals surface area contributed by atoms with Crippen molar-refractivity contribution in [1.82, 2.24) is 4.98 Å². The zero-order valence-electron chi connectivity index (χ0n) is 9.44. The molecule has 1 aromatic heterocycles. The number of aromatic nitrogens is 1. The smallest absolute Gasteiger partial charge is 0.0972 e. The number of rotatable bonds is 4. The van der Waals surface area contributed by atoms with Gasteiger partial charge in [0.05, 0.1) is 10.7 Å². The number of nitrogens with two attached hydrogens (primary N) is 1. The first-order valence-corrected chi connectivity index (χ1v) is 6.35. The highest BCUT2D eigenvalue weighted by Gasteiger charge is 2.02. The van der Waals surface area contributed by atoms with Crippen molar-refractivity contribution in [2.45, 2.75) is 19.8 Å². The van der Waals surface area contributed by atoms with Crippen molar-refractivity contribution in [2.75, 3.05) is 6.54 Å². The second kappa shape index (κ2) is 5.23. The molecular formula is C13H16N2S. The van der Waals surface area contributed by atoms with Crippen molar-refractivity contribution in [3.63, 3.8) is 0 Å². The summed E-state index contributed by atoms with van der Waals surface area (Å²) >= 11 is 1.72. The van der Waals surface area contributed by atoms with E-state index < -0.39 is 0 Å². The Labute approximate surface area is 100 Å². The predicted molar refractivity (Wildman–Crippen MR) is 68.9 cm³/mol. The third kappa shape index (κ3) is 2.90. The van der Waals surface area contributed by atoms with Gasteiger partial charge in [-0.05, 0) is 19.0 Å². The Balaban J connectivity index is 2.08. The normalized spacial score (nSPS) is 10.6. The molecule has 1 heterocycles. The number of nitrogens with zero attached hydrogens (tertiary/aromatic N) is 1. The highest BCUT2D eigenvalue weighted by atomic mass is 32.1. The van der Waals surface area contributed by atoms with Crippen LogP contribution in [0.15, 0.2) is 29.6 Å². The van der Waals surface area contributed by atoms with E-state index >= 15 is 0 Å². The van der Waals surface area contributed by atoms with Crippen LogP contribution >= 0.6 is 11.3 Å². The van der Waals surface area contributed by atoms with Crippen LogP contribution in [0.5, 0.6) is 0 Å². The third-order valence-electron chi connectivity index (χ3n) is 2.44. The van der Waals surface area contributed by atoms with Crippen LogP contribution in [0.4, 0.5) is 0 Å². The van der Waals surface area contributed by atoms with E-state index in [-0.39, 0.29) is 0 Å². The molecule has 0 saturated heterocycles. The van der Waals surface area contributed by atoms with E-state index in [1.165, 1.54) is 16.1 Å². The van der Waals surface area contributed by atoms with Gasteiger partial charge in [-0.1, -0.05) is 29.8 Å². The van der Waals surface area contributed by atoms with Gasteiger partial charge in [-0.3, -0.25) is 0 Å². The van der Waals surface area contributed by atoms with Crippen molar-refractivity contribution in [1.29, 1.82) is 0 Å². The lowest BCUT2D eigenvalue weighted by Crippen LogP contribution is -2.02. The maximum atomic E-state index is 5.51. The summed E-state index contributed by atoms with van der Waals surface area (Å²) in [4.78, 5) is 4.56. The minimum atomic E-state index is 0.674. The van der Waals surface area contributed by atoms with E-state index in [9.17, 15) is 0 Å². The molecule has 0 aliphatic heterocycles. The highest BCUT2D eigenvalue weighted by molar-refractivity contribution is 7.09. The van der Waals surface area contributed by atoms with Crippen molar-refractivity contribution >= 4 is 11.3 Å². The predicted octanol–water partition coefficient (Wildman–Crippen LogP) is 2.54. The highest BCUT2D eigenvalue weighted by Crippen LogP contribution is 2.15. The molecule has 0 aliphatic rings. The first-order chi connectivity index (χ1) is 7.78. The molecule has 0 radical (unpaired) electrons. The summed E-state index contributed by atoms with van der Waals surface area (Å²) < 4.78 is 0. The van der Waals surface area contributed by atoms with Crippen molar-refractivity contribution in [2.24, 2.45) is 5.73 Å². The topological polar surface area (TPSA) is 38.9 Å². The summed E-state index contributed by atoms with van der Waals surface area (Å²) in [6, 6.07) is 8.57. The fourth-order valence-corrected chi connectivity index (χ4v) is 2.55. The first-order valence-electron chi connectivity index (χ1n) is 5.47. The minimum absolute atomic E-state index is 0.674. The first kappa shape index (κ1) is 11.3. The average molecular weight is 232 g/mol. The summed E-state index contributed by atoms with van der Waals surface area (Å²) in [5, 5.41) is 3.28. The zero-order chi connectivity index (χ0) is 11.4. The van der Waals surface area contributed by atoms with Gasteiger partial charge in [0.1, 0.15) is 0 Å². The lowest BCUT2D eigenvalue weighted by atomic mass is 10.1. The number of aryl methyl sites for hydroxylation is 1. The van der Waals surface area contributed by atoms with E-state index in [1.54, 1.807) is 11.3 Å². The van der Waals surface area contributed by atoms with Crippen LogP contribution in [0, 0.1) is 6.92 Å². The van der Waals surface area contributed by atoms with Gasteiger partial charge in [-0.15, -0.1) is 11.3 Å². The van der Waals surface area contributed by atoms with Gasteiger partial charge in [-0.25, -0.2) is 4.98 Å². The number of benzene rings is 1. The lowest BCUT2D eigenvalue weighted by molar-refractivity contribution is 0.922. The molecule has 0 unspecified atom stereocenters. The molecule has 2 aromatic rings. The lowest BCUT2D eigenvalue weighted by Gasteiger charge is -1.99. The second-order valence-electron chi connectivity index (χ2n) is 3.94. The summed E-state index contributed by atoms with van der Waals surface area (Å²) in [6.45, 7) is 2.79. The van der Waals surface area contributed by atoms with E-state index in [0.29, 0.717) is 6.54 Å². The van der Waals surface area contributed by atoms with Gasteiger partial charge in [0.25, 0.3) is 0 Å². The van der Waals surface area contributed by atoms with Gasteiger partial charge < -0.3 is 5.73 Å². The van der Waals surface area contributed by atoms with Crippen LogP contribution in [-0.2, 0) is 12.8 Å². The summed E-state index contributed by atoms with van der Waals surface area (Å²) in [7, 11) is 0. The molecule has 0 bridgehead atoms.